The maximum Gasteiger partial charge on any atom is 0.193 e. The molecule has 140 valence electrons. The van der Waals surface area contributed by atoms with Crippen LogP contribution in [-0.4, -0.2) is 11.6 Å². The van der Waals surface area contributed by atoms with E-state index in [4.69, 9.17) is 0 Å². The minimum absolute atomic E-state index is 0.0752. The molecule has 0 amide bonds. The van der Waals surface area contributed by atoms with Crippen LogP contribution in [0.25, 0.3) is 0 Å². The molecule has 0 saturated heterocycles. The van der Waals surface area contributed by atoms with E-state index in [0.717, 1.165) is 36.8 Å². The molecular formula is C24H32O2. The summed E-state index contributed by atoms with van der Waals surface area (Å²) in [7, 11) is 0. The van der Waals surface area contributed by atoms with Crippen LogP contribution in [0.4, 0.5) is 0 Å². The molecule has 0 fully saturated rings. The van der Waals surface area contributed by atoms with Gasteiger partial charge in [-0.3, -0.25) is 9.59 Å². The molecule has 0 spiro atoms. The van der Waals surface area contributed by atoms with Crippen molar-refractivity contribution < 1.29 is 9.59 Å². The summed E-state index contributed by atoms with van der Waals surface area (Å²) < 4.78 is 0. The molecule has 2 rings (SSSR count). The fourth-order valence-electron chi connectivity index (χ4n) is 2.62. The first-order valence-corrected chi connectivity index (χ1v) is 9.85. The van der Waals surface area contributed by atoms with Crippen LogP contribution in [0.1, 0.15) is 81.1 Å². The SMILES string of the molecule is CCCCCC(=O)CCCCC.O=C(c1ccccc1)c1ccccc1. The fourth-order valence-corrected chi connectivity index (χ4v) is 2.62. The van der Waals surface area contributed by atoms with Gasteiger partial charge < -0.3 is 0 Å². The second kappa shape index (κ2) is 14.0. The van der Waals surface area contributed by atoms with E-state index in [1.54, 1.807) is 0 Å². The smallest absolute Gasteiger partial charge is 0.193 e. The summed E-state index contributed by atoms with van der Waals surface area (Å²) in [6, 6.07) is 18.6. The molecule has 26 heavy (non-hydrogen) atoms. The number of Topliss-reactive ketones (excluding diaryl/α,β-unsaturated/α-hetero) is 1. The largest absolute Gasteiger partial charge is 0.300 e. The Labute approximate surface area is 158 Å². The maximum absolute atomic E-state index is 11.8. The number of hydrogen-bond acceptors (Lipinski definition) is 2. The van der Waals surface area contributed by atoms with E-state index in [1.165, 1.54) is 25.7 Å². The average molecular weight is 353 g/mol. The van der Waals surface area contributed by atoms with Gasteiger partial charge in [-0.15, -0.1) is 0 Å². The number of unbranched alkanes of at least 4 members (excludes halogenated alkanes) is 4. The predicted octanol–water partition coefficient (Wildman–Crippen LogP) is 6.63. The Morgan fingerprint density at radius 1 is 0.615 bits per heavy atom. The van der Waals surface area contributed by atoms with Crippen LogP contribution in [0.15, 0.2) is 60.7 Å². The zero-order valence-electron chi connectivity index (χ0n) is 16.2. The van der Waals surface area contributed by atoms with Crippen LogP contribution in [0.5, 0.6) is 0 Å². The van der Waals surface area contributed by atoms with Gasteiger partial charge in [-0.2, -0.15) is 0 Å². The molecule has 2 nitrogen and oxygen atoms in total. The van der Waals surface area contributed by atoms with Gasteiger partial charge in [0, 0.05) is 24.0 Å². The van der Waals surface area contributed by atoms with Gasteiger partial charge in [-0.25, -0.2) is 0 Å². The van der Waals surface area contributed by atoms with E-state index in [2.05, 4.69) is 13.8 Å². The summed E-state index contributed by atoms with van der Waals surface area (Å²) in [5.41, 5.74) is 1.47. The van der Waals surface area contributed by atoms with E-state index in [0.29, 0.717) is 5.78 Å². The van der Waals surface area contributed by atoms with Crippen LogP contribution in [-0.2, 0) is 4.79 Å². The Morgan fingerprint density at radius 2 is 1.00 bits per heavy atom. The normalized spacial score (nSPS) is 9.92. The summed E-state index contributed by atoms with van der Waals surface area (Å²) in [6.45, 7) is 4.34. The lowest BCUT2D eigenvalue weighted by Crippen LogP contribution is -1.99. The lowest BCUT2D eigenvalue weighted by atomic mass is 10.0. The molecule has 0 aromatic heterocycles. The van der Waals surface area contributed by atoms with Gasteiger partial charge in [0.2, 0.25) is 0 Å². The van der Waals surface area contributed by atoms with Crippen LogP contribution in [0.2, 0.25) is 0 Å². The fraction of sp³-hybridized carbons (Fsp3) is 0.417. The highest BCUT2D eigenvalue weighted by Gasteiger charge is 2.06. The van der Waals surface area contributed by atoms with E-state index >= 15 is 0 Å². The number of rotatable bonds is 10. The van der Waals surface area contributed by atoms with E-state index in [-0.39, 0.29) is 5.78 Å². The zero-order valence-corrected chi connectivity index (χ0v) is 16.2. The molecule has 2 aromatic rings. The molecule has 0 heterocycles. The second-order valence-corrected chi connectivity index (χ2v) is 6.51. The number of ketones is 2. The Kier molecular flexibility index (Phi) is 11.8. The predicted molar refractivity (Wildman–Crippen MR) is 110 cm³/mol. The third kappa shape index (κ3) is 9.31. The highest BCUT2D eigenvalue weighted by Crippen LogP contribution is 2.08. The van der Waals surface area contributed by atoms with Gasteiger partial charge in [0.1, 0.15) is 5.78 Å². The van der Waals surface area contributed by atoms with Crippen molar-refractivity contribution in [3.8, 4) is 0 Å². The third-order valence-electron chi connectivity index (χ3n) is 4.19. The van der Waals surface area contributed by atoms with Crippen molar-refractivity contribution in [3.05, 3.63) is 71.8 Å². The third-order valence-corrected chi connectivity index (χ3v) is 4.19. The van der Waals surface area contributed by atoms with Crippen LogP contribution >= 0.6 is 0 Å². The molecule has 0 aliphatic carbocycles. The van der Waals surface area contributed by atoms with Crippen molar-refractivity contribution in [1.82, 2.24) is 0 Å². The molecule has 0 unspecified atom stereocenters. The number of carbonyl (C=O) groups is 2. The summed E-state index contributed by atoms with van der Waals surface area (Å²) >= 11 is 0. The van der Waals surface area contributed by atoms with Gasteiger partial charge in [0.05, 0.1) is 0 Å². The Balaban J connectivity index is 0.000000265. The van der Waals surface area contributed by atoms with E-state index in [1.807, 2.05) is 60.7 Å². The minimum Gasteiger partial charge on any atom is -0.300 e. The van der Waals surface area contributed by atoms with Gasteiger partial charge in [0.15, 0.2) is 5.78 Å². The summed E-state index contributed by atoms with van der Waals surface area (Å²) in [5.74, 6) is 0.545. The number of carbonyl (C=O) groups excluding carboxylic acids is 2. The van der Waals surface area contributed by atoms with Crippen LogP contribution in [0.3, 0.4) is 0 Å². The molecule has 0 atom stereocenters. The molecular weight excluding hydrogens is 320 g/mol. The minimum atomic E-state index is 0.0752. The quantitative estimate of drug-likeness (QED) is 0.355. The molecule has 0 aliphatic heterocycles. The molecule has 0 N–H and O–H groups in total. The Hall–Kier alpha value is -2.22. The first-order valence-electron chi connectivity index (χ1n) is 9.85. The average Bonchev–Trinajstić information content (AvgIpc) is 2.70. The first-order chi connectivity index (χ1) is 12.7. The number of benzene rings is 2. The molecule has 0 aliphatic rings. The molecule has 0 bridgehead atoms. The highest BCUT2D eigenvalue weighted by molar-refractivity contribution is 6.08. The van der Waals surface area contributed by atoms with Crippen molar-refractivity contribution in [2.45, 2.75) is 65.2 Å². The van der Waals surface area contributed by atoms with Crippen LogP contribution < -0.4 is 0 Å². The molecule has 0 saturated carbocycles. The highest BCUT2D eigenvalue weighted by atomic mass is 16.1. The summed E-state index contributed by atoms with van der Waals surface area (Å²) in [6.07, 6.45) is 8.67. The summed E-state index contributed by atoms with van der Waals surface area (Å²) in [5, 5.41) is 0. The standard InChI is InChI=1S/C13H10O.C11H22O/c14-13(11-7-3-1-4-8-11)12-9-5-2-6-10-12;1-3-5-7-9-11(12)10-8-6-4-2/h1-10H;3-10H2,1-2H3. The lowest BCUT2D eigenvalue weighted by molar-refractivity contribution is -0.119. The van der Waals surface area contributed by atoms with Crippen molar-refractivity contribution in [2.75, 3.05) is 0 Å². The van der Waals surface area contributed by atoms with E-state index in [9.17, 15) is 9.59 Å². The van der Waals surface area contributed by atoms with Crippen molar-refractivity contribution in [2.24, 2.45) is 0 Å². The van der Waals surface area contributed by atoms with Gasteiger partial charge in [-0.1, -0.05) is 100 Å². The monoisotopic (exact) mass is 352 g/mol. The second-order valence-electron chi connectivity index (χ2n) is 6.51. The Bertz CT molecular complexity index is 564. The van der Waals surface area contributed by atoms with Crippen molar-refractivity contribution in [1.29, 1.82) is 0 Å². The number of hydrogen-bond donors (Lipinski definition) is 0. The van der Waals surface area contributed by atoms with E-state index < -0.39 is 0 Å². The van der Waals surface area contributed by atoms with Gasteiger partial charge in [-0.05, 0) is 12.8 Å². The van der Waals surface area contributed by atoms with Crippen LogP contribution in [0, 0.1) is 0 Å². The van der Waals surface area contributed by atoms with Gasteiger partial charge in [0.25, 0.3) is 0 Å². The topological polar surface area (TPSA) is 34.1 Å². The van der Waals surface area contributed by atoms with Crippen molar-refractivity contribution >= 4 is 11.6 Å². The maximum atomic E-state index is 11.8. The van der Waals surface area contributed by atoms with Crippen molar-refractivity contribution in [3.63, 3.8) is 0 Å². The first kappa shape index (κ1) is 21.8. The molecule has 0 radical (unpaired) electrons. The molecule has 2 heteroatoms. The van der Waals surface area contributed by atoms with Gasteiger partial charge >= 0.3 is 0 Å². The lowest BCUT2D eigenvalue weighted by Gasteiger charge is -1.99. The Morgan fingerprint density at radius 3 is 1.35 bits per heavy atom. The molecule has 2 aromatic carbocycles. The zero-order chi connectivity index (χ0) is 19.0. The summed E-state index contributed by atoms with van der Waals surface area (Å²) in [4.78, 5) is 23.0.